The van der Waals surface area contributed by atoms with Crippen molar-refractivity contribution >= 4 is 17.5 Å². The molecule has 1 amide bonds. The molecule has 0 aliphatic carbocycles. The summed E-state index contributed by atoms with van der Waals surface area (Å²) < 4.78 is 0. The van der Waals surface area contributed by atoms with Crippen molar-refractivity contribution < 1.29 is 4.79 Å². The van der Waals surface area contributed by atoms with Gasteiger partial charge in [-0.05, 0) is 17.4 Å². The Kier molecular flexibility index (Phi) is 5.86. The molecule has 0 spiro atoms. The molecule has 3 heteroatoms. The summed E-state index contributed by atoms with van der Waals surface area (Å²) >= 11 is 5.75. The molecule has 19 heavy (non-hydrogen) atoms. The SMILES string of the molecule is CC(CCl)C(=O)NC(CC(C)(C)C)c1ccccc1. The highest BCUT2D eigenvalue weighted by molar-refractivity contribution is 6.19. The van der Waals surface area contributed by atoms with Crippen LogP contribution in [0.3, 0.4) is 0 Å². The van der Waals surface area contributed by atoms with E-state index in [0.29, 0.717) is 5.88 Å². The fraction of sp³-hybridized carbons (Fsp3) is 0.562. The molecule has 0 radical (unpaired) electrons. The minimum Gasteiger partial charge on any atom is -0.349 e. The maximum atomic E-state index is 12.0. The van der Waals surface area contributed by atoms with E-state index in [1.54, 1.807) is 0 Å². The molecule has 0 saturated carbocycles. The number of benzene rings is 1. The highest BCUT2D eigenvalue weighted by atomic mass is 35.5. The van der Waals surface area contributed by atoms with Gasteiger partial charge in [-0.3, -0.25) is 4.79 Å². The molecule has 0 aliphatic rings. The number of amides is 1. The number of alkyl halides is 1. The summed E-state index contributed by atoms with van der Waals surface area (Å²) in [6, 6.07) is 10.1. The molecule has 1 aromatic carbocycles. The zero-order chi connectivity index (χ0) is 14.5. The second-order valence-electron chi connectivity index (χ2n) is 6.29. The van der Waals surface area contributed by atoms with Gasteiger partial charge in [-0.15, -0.1) is 11.6 Å². The van der Waals surface area contributed by atoms with Crippen molar-refractivity contribution in [3.05, 3.63) is 35.9 Å². The Bertz CT molecular complexity index is 397. The number of carbonyl (C=O) groups is 1. The third-order valence-corrected chi connectivity index (χ3v) is 3.48. The number of hydrogen-bond donors (Lipinski definition) is 1. The Labute approximate surface area is 121 Å². The number of rotatable bonds is 5. The average molecular weight is 282 g/mol. The van der Waals surface area contributed by atoms with Crippen LogP contribution in [-0.4, -0.2) is 11.8 Å². The monoisotopic (exact) mass is 281 g/mol. The van der Waals surface area contributed by atoms with E-state index in [-0.39, 0.29) is 23.3 Å². The second kappa shape index (κ2) is 6.95. The number of nitrogens with one attached hydrogen (secondary N) is 1. The second-order valence-corrected chi connectivity index (χ2v) is 6.60. The lowest BCUT2D eigenvalue weighted by Crippen LogP contribution is -2.35. The van der Waals surface area contributed by atoms with Crippen LogP contribution in [0.25, 0.3) is 0 Å². The summed E-state index contributed by atoms with van der Waals surface area (Å²) in [5.41, 5.74) is 1.30. The predicted molar refractivity (Wildman–Crippen MR) is 81.3 cm³/mol. The van der Waals surface area contributed by atoms with Crippen molar-refractivity contribution in [2.45, 2.75) is 40.2 Å². The zero-order valence-electron chi connectivity index (χ0n) is 12.2. The summed E-state index contributed by atoms with van der Waals surface area (Å²) in [5, 5.41) is 3.12. The first-order valence-corrected chi connectivity index (χ1v) is 7.28. The Morgan fingerprint density at radius 2 is 1.84 bits per heavy atom. The van der Waals surface area contributed by atoms with Gasteiger partial charge in [0.05, 0.1) is 6.04 Å². The lowest BCUT2D eigenvalue weighted by molar-refractivity contribution is -0.124. The van der Waals surface area contributed by atoms with Gasteiger partial charge in [-0.25, -0.2) is 0 Å². The molecule has 1 N–H and O–H groups in total. The smallest absolute Gasteiger partial charge is 0.224 e. The average Bonchev–Trinajstić information content (AvgIpc) is 2.36. The van der Waals surface area contributed by atoms with E-state index >= 15 is 0 Å². The number of carbonyl (C=O) groups excluding carboxylic acids is 1. The molecule has 106 valence electrons. The van der Waals surface area contributed by atoms with Crippen LogP contribution in [0, 0.1) is 11.3 Å². The standard InChI is InChI=1S/C16H24ClNO/c1-12(11-17)15(19)18-14(10-16(2,3)4)13-8-6-5-7-9-13/h5-9,12,14H,10-11H2,1-4H3,(H,18,19). The normalized spacial score (nSPS) is 14.8. The molecule has 1 aromatic rings. The molecule has 0 saturated heterocycles. The largest absolute Gasteiger partial charge is 0.349 e. The van der Waals surface area contributed by atoms with E-state index in [9.17, 15) is 4.79 Å². The van der Waals surface area contributed by atoms with Crippen LogP contribution >= 0.6 is 11.6 Å². The summed E-state index contributed by atoms with van der Waals surface area (Å²) in [6.45, 7) is 8.39. The van der Waals surface area contributed by atoms with Gasteiger partial charge in [-0.1, -0.05) is 58.0 Å². The fourth-order valence-corrected chi connectivity index (χ4v) is 2.07. The van der Waals surface area contributed by atoms with E-state index in [2.05, 4.69) is 38.2 Å². The molecule has 1 rings (SSSR count). The Morgan fingerprint density at radius 1 is 1.26 bits per heavy atom. The maximum Gasteiger partial charge on any atom is 0.224 e. The van der Waals surface area contributed by atoms with Gasteiger partial charge >= 0.3 is 0 Å². The Morgan fingerprint density at radius 3 is 2.32 bits per heavy atom. The van der Waals surface area contributed by atoms with Crippen molar-refractivity contribution in [2.24, 2.45) is 11.3 Å². The summed E-state index contributed by atoms with van der Waals surface area (Å²) in [6.07, 6.45) is 0.901. The molecule has 2 nitrogen and oxygen atoms in total. The fourth-order valence-electron chi connectivity index (χ4n) is 1.93. The zero-order valence-corrected chi connectivity index (χ0v) is 13.0. The minimum atomic E-state index is -0.159. The van der Waals surface area contributed by atoms with Crippen LogP contribution in [0.5, 0.6) is 0 Å². The van der Waals surface area contributed by atoms with Crippen molar-refractivity contribution in [2.75, 3.05) is 5.88 Å². The first-order valence-electron chi connectivity index (χ1n) is 6.75. The van der Waals surface area contributed by atoms with Crippen molar-refractivity contribution in [3.63, 3.8) is 0 Å². The van der Waals surface area contributed by atoms with E-state index in [0.717, 1.165) is 12.0 Å². The topological polar surface area (TPSA) is 29.1 Å². The van der Waals surface area contributed by atoms with Crippen molar-refractivity contribution in [1.82, 2.24) is 5.32 Å². The molecule has 0 bridgehead atoms. The van der Waals surface area contributed by atoms with Crippen LogP contribution in [-0.2, 0) is 4.79 Å². The van der Waals surface area contributed by atoms with Crippen molar-refractivity contribution in [3.8, 4) is 0 Å². The summed E-state index contributed by atoms with van der Waals surface area (Å²) in [4.78, 5) is 12.0. The van der Waals surface area contributed by atoms with Gasteiger partial charge in [0.25, 0.3) is 0 Å². The molecular formula is C16H24ClNO. The van der Waals surface area contributed by atoms with Crippen LogP contribution in [0.15, 0.2) is 30.3 Å². The summed E-state index contributed by atoms with van der Waals surface area (Å²) in [7, 11) is 0. The van der Waals surface area contributed by atoms with Crippen molar-refractivity contribution in [1.29, 1.82) is 0 Å². The number of halogens is 1. The first kappa shape index (κ1) is 16.0. The lowest BCUT2D eigenvalue weighted by Gasteiger charge is -2.28. The van der Waals surface area contributed by atoms with Crippen LogP contribution < -0.4 is 5.32 Å². The van der Waals surface area contributed by atoms with Crippen LogP contribution in [0.4, 0.5) is 0 Å². The highest BCUT2D eigenvalue weighted by Crippen LogP contribution is 2.29. The first-order chi connectivity index (χ1) is 8.83. The van der Waals surface area contributed by atoms with Gasteiger partial charge < -0.3 is 5.32 Å². The Balaban J connectivity index is 2.85. The minimum absolute atomic E-state index is 0.0214. The third-order valence-electron chi connectivity index (χ3n) is 3.01. The van der Waals surface area contributed by atoms with Gasteiger partial charge in [0.1, 0.15) is 0 Å². The van der Waals surface area contributed by atoms with Gasteiger partial charge in [0.15, 0.2) is 0 Å². The molecule has 0 heterocycles. The Hall–Kier alpha value is -1.02. The number of hydrogen-bond acceptors (Lipinski definition) is 1. The van der Waals surface area contributed by atoms with Gasteiger partial charge in [0.2, 0.25) is 5.91 Å². The molecule has 0 fully saturated rings. The van der Waals surface area contributed by atoms with E-state index in [1.807, 2.05) is 25.1 Å². The van der Waals surface area contributed by atoms with Crippen LogP contribution in [0.2, 0.25) is 0 Å². The van der Waals surface area contributed by atoms with E-state index < -0.39 is 0 Å². The predicted octanol–water partition coefficient (Wildman–Crippen LogP) is 4.16. The quantitative estimate of drug-likeness (QED) is 0.807. The lowest BCUT2D eigenvalue weighted by atomic mass is 9.85. The molecule has 0 aromatic heterocycles. The molecular weight excluding hydrogens is 258 g/mol. The van der Waals surface area contributed by atoms with E-state index in [1.165, 1.54) is 0 Å². The molecule has 2 unspecified atom stereocenters. The summed E-state index contributed by atoms with van der Waals surface area (Å²) in [5.74, 6) is 0.212. The van der Waals surface area contributed by atoms with Gasteiger partial charge in [-0.2, -0.15) is 0 Å². The molecule has 2 atom stereocenters. The third kappa shape index (κ3) is 5.65. The van der Waals surface area contributed by atoms with Crippen LogP contribution in [0.1, 0.15) is 45.7 Å². The van der Waals surface area contributed by atoms with Gasteiger partial charge in [0, 0.05) is 11.8 Å². The highest BCUT2D eigenvalue weighted by Gasteiger charge is 2.23. The van der Waals surface area contributed by atoms with E-state index in [4.69, 9.17) is 11.6 Å². The molecule has 0 aliphatic heterocycles. The maximum absolute atomic E-state index is 12.0.